The highest BCUT2D eigenvalue weighted by Crippen LogP contribution is 2.23. The van der Waals surface area contributed by atoms with Gasteiger partial charge in [-0.05, 0) is 41.1 Å². The Morgan fingerprint density at radius 2 is 2.00 bits per heavy atom. The molecule has 0 saturated heterocycles. The minimum absolute atomic E-state index is 0.0644. The lowest BCUT2D eigenvalue weighted by atomic mass is 10.1. The second-order valence-corrected chi connectivity index (χ2v) is 7.06. The van der Waals surface area contributed by atoms with E-state index in [-0.39, 0.29) is 10.8 Å². The van der Waals surface area contributed by atoms with Crippen LogP contribution in [0.3, 0.4) is 0 Å². The van der Waals surface area contributed by atoms with Gasteiger partial charge in [-0.1, -0.05) is 13.8 Å². The third-order valence-electron chi connectivity index (χ3n) is 2.69. The smallest absolute Gasteiger partial charge is 0.207 e. The van der Waals surface area contributed by atoms with Gasteiger partial charge in [0.05, 0.1) is 10.6 Å². The van der Waals surface area contributed by atoms with E-state index in [0.717, 1.165) is 11.3 Å². The third-order valence-corrected chi connectivity index (χ3v) is 4.04. The van der Waals surface area contributed by atoms with E-state index in [1.54, 1.807) is 17.7 Å². The van der Waals surface area contributed by atoms with Crippen molar-refractivity contribution in [3.05, 3.63) is 29.6 Å². The largest absolute Gasteiger partial charge is 0.261 e. The second-order valence-electron chi connectivity index (χ2n) is 4.49. The van der Waals surface area contributed by atoms with Crippen molar-refractivity contribution < 1.29 is 8.42 Å². The van der Waals surface area contributed by atoms with Crippen LogP contribution in [0.1, 0.15) is 31.2 Å². The van der Waals surface area contributed by atoms with Gasteiger partial charge in [0.2, 0.25) is 0 Å². The van der Waals surface area contributed by atoms with Crippen molar-refractivity contribution in [3.8, 4) is 5.69 Å². The van der Waals surface area contributed by atoms with Gasteiger partial charge < -0.3 is 0 Å². The van der Waals surface area contributed by atoms with E-state index in [4.69, 9.17) is 10.7 Å². The maximum absolute atomic E-state index is 11.3. The Morgan fingerprint density at radius 1 is 1.32 bits per heavy atom. The summed E-state index contributed by atoms with van der Waals surface area (Å²) in [5.41, 5.74) is 1.47. The number of tetrazole rings is 1. The highest BCUT2D eigenvalue weighted by atomic mass is 35.7. The van der Waals surface area contributed by atoms with Gasteiger partial charge in [0.1, 0.15) is 0 Å². The van der Waals surface area contributed by atoms with Gasteiger partial charge in [0.15, 0.2) is 5.82 Å². The average molecular weight is 301 g/mol. The Balaban J connectivity index is 2.56. The first kappa shape index (κ1) is 14.0. The summed E-state index contributed by atoms with van der Waals surface area (Å²) in [5, 5.41) is 11.5. The summed E-state index contributed by atoms with van der Waals surface area (Å²) < 4.78 is 24.2. The van der Waals surface area contributed by atoms with Crippen LogP contribution < -0.4 is 0 Å². The molecule has 0 aliphatic rings. The number of benzene rings is 1. The van der Waals surface area contributed by atoms with E-state index in [1.165, 1.54) is 12.1 Å². The summed E-state index contributed by atoms with van der Waals surface area (Å²) in [6.45, 7) is 5.75. The summed E-state index contributed by atoms with van der Waals surface area (Å²) >= 11 is 0. The topological polar surface area (TPSA) is 77.7 Å². The maximum atomic E-state index is 11.3. The number of nitrogens with zero attached hydrogens (tertiary/aromatic N) is 4. The summed E-state index contributed by atoms with van der Waals surface area (Å²) in [5.74, 6) is 0.871. The van der Waals surface area contributed by atoms with E-state index >= 15 is 0 Å². The van der Waals surface area contributed by atoms with Crippen LogP contribution in [0, 0.1) is 6.92 Å². The summed E-state index contributed by atoms with van der Waals surface area (Å²) in [7, 11) is 1.59. The van der Waals surface area contributed by atoms with E-state index < -0.39 is 9.05 Å². The third kappa shape index (κ3) is 2.76. The summed E-state index contributed by atoms with van der Waals surface area (Å²) in [4.78, 5) is 0.0644. The van der Waals surface area contributed by atoms with Gasteiger partial charge in [0, 0.05) is 16.6 Å². The van der Waals surface area contributed by atoms with Crippen molar-refractivity contribution in [2.24, 2.45) is 0 Å². The van der Waals surface area contributed by atoms with Gasteiger partial charge in [-0.2, -0.15) is 4.68 Å². The Kier molecular flexibility index (Phi) is 3.60. The van der Waals surface area contributed by atoms with Crippen LogP contribution in [0.25, 0.3) is 5.69 Å². The minimum Gasteiger partial charge on any atom is -0.207 e. The van der Waals surface area contributed by atoms with Crippen LogP contribution in [0.4, 0.5) is 0 Å². The highest BCUT2D eigenvalue weighted by molar-refractivity contribution is 8.13. The molecule has 0 fully saturated rings. The average Bonchev–Trinajstić information content (AvgIpc) is 2.76. The van der Waals surface area contributed by atoms with E-state index in [0.29, 0.717) is 5.82 Å². The monoisotopic (exact) mass is 300 g/mol. The molecule has 0 bridgehead atoms. The molecule has 2 aromatic rings. The first-order valence-corrected chi connectivity index (χ1v) is 7.95. The van der Waals surface area contributed by atoms with Gasteiger partial charge >= 0.3 is 0 Å². The fraction of sp³-hybridized carbons (Fsp3) is 0.364. The maximum Gasteiger partial charge on any atom is 0.261 e. The predicted octanol–water partition coefficient (Wildman–Crippen LogP) is 2.02. The van der Waals surface area contributed by atoms with Crippen molar-refractivity contribution in [1.29, 1.82) is 0 Å². The molecular formula is C11H13ClN4O2S. The lowest BCUT2D eigenvalue weighted by Crippen LogP contribution is -2.07. The van der Waals surface area contributed by atoms with Crippen molar-refractivity contribution in [2.45, 2.75) is 31.6 Å². The number of aryl methyl sites for hydroxylation is 1. The van der Waals surface area contributed by atoms with Crippen LogP contribution >= 0.6 is 10.7 Å². The molecule has 0 atom stereocenters. The Hall–Kier alpha value is -1.47. The molecule has 0 aliphatic heterocycles. The molecule has 0 amide bonds. The highest BCUT2D eigenvalue weighted by Gasteiger charge is 2.16. The zero-order chi connectivity index (χ0) is 14.2. The lowest BCUT2D eigenvalue weighted by molar-refractivity contribution is 0.609. The van der Waals surface area contributed by atoms with E-state index in [1.807, 2.05) is 13.8 Å². The Morgan fingerprint density at radius 3 is 2.53 bits per heavy atom. The molecular weight excluding hydrogens is 288 g/mol. The molecule has 1 aromatic heterocycles. The number of aromatic nitrogens is 4. The Bertz CT molecular complexity index is 709. The molecule has 0 aliphatic carbocycles. The zero-order valence-corrected chi connectivity index (χ0v) is 12.3. The van der Waals surface area contributed by atoms with E-state index in [9.17, 15) is 8.42 Å². The molecule has 102 valence electrons. The standard InChI is InChI=1S/C11H13ClN4O2S/c1-7(2)11-13-14-15-16(11)10-5-4-9(6-8(10)3)19(12,17)18/h4-7H,1-3H3. The number of rotatable bonds is 3. The SMILES string of the molecule is Cc1cc(S(=O)(=O)Cl)ccc1-n1nnnc1C(C)C. The van der Waals surface area contributed by atoms with Crippen LogP contribution in [0.2, 0.25) is 0 Å². The second kappa shape index (κ2) is 4.90. The summed E-state index contributed by atoms with van der Waals surface area (Å²) in [6, 6.07) is 4.59. The fourth-order valence-electron chi connectivity index (χ4n) is 1.74. The molecule has 0 N–H and O–H groups in total. The first-order chi connectivity index (χ1) is 8.80. The first-order valence-electron chi connectivity index (χ1n) is 5.64. The predicted molar refractivity (Wildman–Crippen MR) is 71.0 cm³/mol. The molecule has 19 heavy (non-hydrogen) atoms. The molecule has 1 aromatic carbocycles. The molecule has 0 radical (unpaired) electrons. The molecule has 2 rings (SSSR count). The fourth-order valence-corrected chi connectivity index (χ4v) is 2.58. The van der Waals surface area contributed by atoms with Crippen LogP contribution in [0.5, 0.6) is 0 Å². The van der Waals surface area contributed by atoms with Gasteiger partial charge in [-0.3, -0.25) is 0 Å². The van der Waals surface area contributed by atoms with E-state index in [2.05, 4.69) is 15.5 Å². The van der Waals surface area contributed by atoms with Crippen LogP contribution in [-0.2, 0) is 9.05 Å². The molecule has 0 unspecified atom stereocenters. The number of hydrogen-bond acceptors (Lipinski definition) is 5. The number of hydrogen-bond donors (Lipinski definition) is 0. The number of halogens is 1. The normalized spacial score (nSPS) is 12.1. The Labute approximate surface area is 115 Å². The lowest BCUT2D eigenvalue weighted by Gasteiger charge is -2.10. The van der Waals surface area contributed by atoms with Crippen molar-refractivity contribution >= 4 is 19.7 Å². The molecule has 8 heteroatoms. The molecule has 6 nitrogen and oxygen atoms in total. The van der Waals surface area contributed by atoms with Gasteiger partial charge in [-0.25, -0.2) is 8.42 Å². The molecule has 0 saturated carbocycles. The quantitative estimate of drug-likeness (QED) is 0.810. The van der Waals surface area contributed by atoms with Crippen molar-refractivity contribution in [1.82, 2.24) is 20.2 Å². The van der Waals surface area contributed by atoms with Gasteiger partial charge in [0.25, 0.3) is 9.05 Å². The minimum atomic E-state index is -3.73. The van der Waals surface area contributed by atoms with Crippen molar-refractivity contribution in [2.75, 3.05) is 0 Å². The van der Waals surface area contributed by atoms with Crippen LogP contribution in [0.15, 0.2) is 23.1 Å². The zero-order valence-electron chi connectivity index (χ0n) is 10.7. The summed E-state index contributed by atoms with van der Waals surface area (Å²) in [6.07, 6.45) is 0. The van der Waals surface area contributed by atoms with Crippen molar-refractivity contribution in [3.63, 3.8) is 0 Å². The molecule has 0 spiro atoms. The van der Waals surface area contributed by atoms with Crippen LogP contribution in [-0.4, -0.2) is 28.6 Å². The molecule has 1 heterocycles. The van der Waals surface area contributed by atoms with Gasteiger partial charge in [-0.15, -0.1) is 5.10 Å².